The summed E-state index contributed by atoms with van der Waals surface area (Å²) in [6.07, 6.45) is 1.36. The normalized spacial score (nSPS) is 13.1. The van der Waals surface area contributed by atoms with Crippen molar-refractivity contribution in [2.45, 2.75) is 26.9 Å². The van der Waals surface area contributed by atoms with Crippen molar-refractivity contribution in [3.8, 4) is 0 Å². The fourth-order valence-corrected chi connectivity index (χ4v) is 1.61. The lowest BCUT2D eigenvalue weighted by Crippen LogP contribution is -2.07. The minimum atomic E-state index is -0.427. The highest BCUT2D eigenvalue weighted by atomic mass is 16.3. The second-order valence-corrected chi connectivity index (χ2v) is 4.39. The highest BCUT2D eigenvalue weighted by molar-refractivity contribution is 5.65. The van der Waals surface area contributed by atoms with Crippen LogP contribution in [-0.2, 0) is 0 Å². The topological polar surface area (TPSA) is 35.8 Å². The van der Waals surface area contributed by atoms with E-state index in [-0.39, 0.29) is 0 Å². The summed E-state index contributed by atoms with van der Waals surface area (Å²) in [6.45, 7) is 5.80. The number of benzene rings is 1. The van der Waals surface area contributed by atoms with Crippen molar-refractivity contribution < 1.29 is 5.11 Å². The van der Waals surface area contributed by atoms with Crippen LogP contribution < -0.4 is 0 Å². The average molecular weight is 220 g/mol. The molecule has 0 saturated heterocycles. The number of aryl methyl sites for hydroxylation is 2. The Morgan fingerprint density at radius 2 is 1.75 bits per heavy atom. The SMILES string of the molecule is Cc1cc([C@@H](C)O)cc(C)c1N=CN(C)C. The highest BCUT2D eigenvalue weighted by Crippen LogP contribution is 2.27. The summed E-state index contributed by atoms with van der Waals surface area (Å²) in [5, 5.41) is 9.53. The van der Waals surface area contributed by atoms with Crippen molar-refractivity contribution in [1.29, 1.82) is 0 Å². The van der Waals surface area contributed by atoms with E-state index >= 15 is 0 Å². The van der Waals surface area contributed by atoms with E-state index in [2.05, 4.69) is 4.99 Å². The molecule has 1 N–H and O–H groups in total. The third-order valence-electron chi connectivity index (χ3n) is 2.41. The first-order valence-corrected chi connectivity index (χ1v) is 5.41. The van der Waals surface area contributed by atoms with Gasteiger partial charge in [-0.3, -0.25) is 0 Å². The Morgan fingerprint density at radius 3 is 2.12 bits per heavy atom. The van der Waals surface area contributed by atoms with Crippen LogP contribution in [0.2, 0.25) is 0 Å². The van der Waals surface area contributed by atoms with E-state index < -0.39 is 6.10 Å². The van der Waals surface area contributed by atoms with Crippen LogP contribution in [-0.4, -0.2) is 30.4 Å². The molecule has 3 heteroatoms. The van der Waals surface area contributed by atoms with Gasteiger partial charge in [0.2, 0.25) is 0 Å². The Morgan fingerprint density at radius 1 is 1.25 bits per heavy atom. The molecule has 3 nitrogen and oxygen atoms in total. The van der Waals surface area contributed by atoms with Gasteiger partial charge in [-0.25, -0.2) is 4.99 Å². The number of rotatable bonds is 3. The molecule has 0 fully saturated rings. The molecule has 16 heavy (non-hydrogen) atoms. The van der Waals surface area contributed by atoms with Gasteiger partial charge in [-0.1, -0.05) is 12.1 Å². The second-order valence-electron chi connectivity index (χ2n) is 4.39. The molecule has 1 aromatic carbocycles. The van der Waals surface area contributed by atoms with E-state index in [0.29, 0.717) is 0 Å². The van der Waals surface area contributed by atoms with Gasteiger partial charge in [0.05, 0.1) is 18.1 Å². The lowest BCUT2D eigenvalue weighted by atomic mass is 10.0. The standard InChI is InChI=1S/C13H20N2O/c1-9-6-12(11(3)16)7-10(2)13(9)14-8-15(4)5/h6-8,11,16H,1-5H3/t11-/m1/s1. The quantitative estimate of drug-likeness (QED) is 0.627. The summed E-state index contributed by atoms with van der Waals surface area (Å²) in [5.74, 6) is 0. The molecule has 0 saturated carbocycles. The maximum atomic E-state index is 9.53. The Bertz CT molecular complexity index is 372. The van der Waals surface area contributed by atoms with Crippen LogP contribution in [0.25, 0.3) is 0 Å². The van der Waals surface area contributed by atoms with Gasteiger partial charge in [0.25, 0.3) is 0 Å². The summed E-state index contributed by atoms with van der Waals surface area (Å²) >= 11 is 0. The minimum absolute atomic E-state index is 0.427. The van der Waals surface area contributed by atoms with Crippen LogP contribution in [0.4, 0.5) is 5.69 Å². The first kappa shape index (κ1) is 12.7. The molecule has 0 radical (unpaired) electrons. The molecule has 0 aromatic heterocycles. The molecule has 0 aliphatic rings. The van der Waals surface area contributed by atoms with E-state index in [1.165, 1.54) is 0 Å². The number of nitrogens with zero attached hydrogens (tertiary/aromatic N) is 2. The fraction of sp³-hybridized carbons (Fsp3) is 0.462. The fourth-order valence-electron chi connectivity index (χ4n) is 1.61. The molecule has 0 aliphatic heterocycles. The van der Waals surface area contributed by atoms with Crippen molar-refractivity contribution in [3.63, 3.8) is 0 Å². The molecule has 1 aromatic rings. The van der Waals surface area contributed by atoms with E-state index in [1.807, 2.05) is 45.0 Å². The zero-order chi connectivity index (χ0) is 12.3. The van der Waals surface area contributed by atoms with Gasteiger partial charge >= 0.3 is 0 Å². The Labute approximate surface area is 97.4 Å². The van der Waals surface area contributed by atoms with Gasteiger partial charge in [-0.05, 0) is 37.5 Å². The van der Waals surface area contributed by atoms with Crippen molar-refractivity contribution >= 4 is 12.0 Å². The van der Waals surface area contributed by atoms with E-state index in [1.54, 1.807) is 13.3 Å². The maximum Gasteiger partial charge on any atom is 0.0907 e. The molecule has 0 bridgehead atoms. The Balaban J connectivity index is 3.13. The molecule has 1 atom stereocenters. The predicted octanol–water partition coefficient (Wildman–Crippen LogP) is 2.58. The summed E-state index contributed by atoms with van der Waals surface area (Å²) in [6, 6.07) is 3.97. The highest BCUT2D eigenvalue weighted by Gasteiger charge is 2.07. The summed E-state index contributed by atoms with van der Waals surface area (Å²) in [7, 11) is 3.89. The molecule has 0 unspecified atom stereocenters. The number of hydrogen-bond acceptors (Lipinski definition) is 2. The molecule has 88 valence electrons. The zero-order valence-electron chi connectivity index (χ0n) is 10.7. The minimum Gasteiger partial charge on any atom is -0.389 e. The van der Waals surface area contributed by atoms with E-state index in [0.717, 1.165) is 22.4 Å². The second kappa shape index (κ2) is 5.12. The zero-order valence-corrected chi connectivity index (χ0v) is 10.7. The molecular formula is C13H20N2O. The van der Waals surface area contributed by atoms with Gasteiger partial charge < -0.3 is 10.0 Å². The lowest BCUT2D eigenvalue weighted by Gasteiger charge is -2.11. The third kappa shape index (κ3) is 3.07. The third-order valence-corrected chi connectivity index (χ3v) is 2.41. The summed E-state index contributed by atoms with van der Waals surface area (Å²) in [4.78, 5) is 6.33. The average Bonchev–Trinajstić information content (AvgIpc) is 2.15. The largest absolute Gasteiger partial charge is 0.389 e. The Hall–Kier alpha value is -1.35. The van der Waals surface area contributed by atoms with Gasteiger partial charge in [0, 0.05) is 14.1 Å². The van der Waals surface area contributed by atoms with Crippen LogP contribution >= 0.6 is 0 Å². The molecule has 0 aliphatic carbocycles. The molecular weight excluding hydrogens is 200 g/mol. The van der Waals surface area contributed by atoms with Gasteiger partial charge in [-0.2, -0.15) is 0 Å². The molecule has 0 heterocycles. The predicted molar refractivity (Wildman–Crippen MR) is 68.4 cm³/mol. The molecule has 1 rings (SSSR count). The van der Waals surface area contributed by atoms with Crippen LogP contribution in [0.1, 0.15) is 29.7 Å². The van der Waals surface area contributed by atoms with Crippen molar-refractivity contribution in [2.24, 2.45) is 4.99 Å². The molecule has 0 spiro atoms. The number of hydrogen-bond donors (Lipinski definition) is 1. The van der Waals surface area contributed by atoms with Crippen LogP contribution in [0.5, 0.6) is 0 Å². The van der Waals surface area contributed by atoms with Crippen LogP contribution in [0.3, 0.4) is 0 Å². The maximum absolute atomic E-state index is 9.53. The monoisotopic (exact) mass is 220 g/mol. The van der Waals surface area contributed by atoms with Crippen LogP contribution in [0, 0.1) is 13.8 Å². The van der Waals surface area contributed by atoms with Crippen molar-refractivity contribution in [2.75, 3.05) is 14.1 Å². The van der Waals surface area contributed by atoms with E-state index in [9.17, 15) is 5.11 Å². The van der Waals surface area contributed by atoms with Gasteiger partial charge in [-0.15, -0.1) is 0 Å². The smallest absolute Gasteiger partial charge is 0.0907 e. The first-order chi connectivity index (χ1) is 7.41. The number of aliphatic hydroxyl groups is 1. The summed E-state index contributed by atoms with van der Waals surface area (Å²) in [5.41, 5.74) is 4.11. The van der Waals surface area contributed by atoms with Gasteiger partial charge in [0.15, 0.2) is 0 Å². The number of aliphatic hydroxyl groups excluding tert-OH is 1. The lowest BCUT2D eigenvalue weighted by molar-refractivity contribution is 0.199. The number of aliphatic imine (C=N–C) groups is 1. The molecule has 0 amide bonds. The van der Waals surface area contributed by atoms with Crippen molar-refractivity contribution in [3.05, 3.63) is 28.8 Å². The van der Waals surface area contributed by atoms with E-state index in [4.69, 9.17) is 0 Å². The summed E-state index contributed by atoms with van der Waals surface area (Å²) < 4.78 is 0. The Kier molecular flexibility index (Phi) is 4.07. The first-order valence-electron chi connectivity index (χ1n) is 5.41. The van der Waals surface area contributed by atoms with Crippen LogP contribution in [0.15, 0.2) is 17.1 Å². The van der Waals surface area contributed by atoms with Gasteiger partial charge in [0.1, 0.15) is 0 Å². The van der Waals surface area contributed by atoms with Crippen molar-refractivity contribution in [1.82, 2.24) is 4.90 Å².